The summed E-state index contributed by atoms with van der Waals surface area (Å²) in [7, 11) is 4.49. The van der Waals surface area contributed by atoms with Crippen LogP contribution < -0.4 is 40.2 Å². The number of hydrogen-bond donors (Lipinski definition) is 0. The summed E-state index contributed by atoms with van der Waals surface area (Å²) in [6, 6.07) is 8.40. The summed E-state index contributed by atoms with van der Waals surface area (Å²) in [5.74, 6) is 0. The Morgan fingerprint density at radius 3 is 2.55 bits per heavy atom. The first-order valence-electron chi connectivity index (χ1n) is 3.39. The fourth-order valence-corrected chi connectivity index (χ4v) is 2.14. The normalized spacial score (nSPS) is 10.0. The molecule has 0 nitrogen and oxygen atoms in total. The van der Waals surface area contributed by atoms with Gasteiger partial charge in [-0.25, -0.2) is 0 Å². The van der Waals surface area contributed by atoms with Gasteiger partial charge in [0, 0.05) is 0 Å². The smallest absolute Gasteiger partial charge is 0.524 e. The van der Waals surface area contributed by atoms with Gasteiger partial charge in [0.2, 0.25) is 0 Å². The summed E-state index contributed by atoms with van der Waals surface area (Å²) in [4.78, 5) is 0. The molecule has 54 valence electrons. The van der Waals surface area contributed by atoms with E-state index in [9.17, 15) is 0 Å². The third-order valence-corrected chi connectivity index (χ3v) is 3.15. The molecule has 1 aromatic rings. The third-order valence-electron chi connectivity index (χ3n) is 1.29. The minimum Gasteiger partial charge on any atom is -0.524 e. The predicted molar refractivity (Wildman–Crippen MR) is 52.9 cm³/mol. The van der Waals surface area contributed by atoms with Gasteiger partial charge in [-0.15, -0.1) is 0 Å². The van der Waals surface area contributed by atoms with E-state index in [0.717, 1.165) is 8.58 Å². The second-order valence-electron chi connectivity index (χ2n) is 2.08. The standard InChI is InChI=1S/C8H11P2.Na/c1-2-10-8-6-4-3-5-7(8)9;/h3-6,9-10H,2H2,1H3;/q-1;+1. The van der Waals surface area contributed by atoms with Crippen LogP contribution >= 0.6 is 17.8 Å². The van der Waals surface area contributed by atoms with Crippen molar-refractivity contribution in [2.24, 2.45) is 0 Å². The molecule has 0 saturated carbocycles. The molecule has 0 aliphatic carbocycles. The van der Waals surface area contributed by atoms with Crippen molar-refractivity contribution < 1.29 is 29.6 Å². The second kappa shape index (κ2) is 6.58. The van der Waals surface area contributed by atoms with E-state index in [1.165, 1.54) is 16.8 Å². The molecule has 0 aliphatic heterocycles. The van der Waals surface area contributed by atoms with Crippen LogP contribution in [0.25, 0.3) is 0 Å². The number of rotatable bonds is 2. The molecule has 11 heavy (non-hydrogen) atoms. The minimum absolute atomic E-state index is 0. The van der Waals surface area contributed by atoms with Crippen molar-refractivity contribution >= 4 is 28.4 Å². The summed E-state index contributed by atoms with van der Waals surface area (Å²) < 4.78 is 0. The quantitative estimate of drug-likeness (QED) is 0.407. The van der Waals surface area contributed by atoms with E-state index in [0.29, 0.717) is 0 Å². The first-order valence-corrected chi connectivity index (χ1v) is 5.10. The summed E-state index contributed by atoms with van der Waals surface area (Å²) >= 11 is 0. The van der Waals surface area contributed by atoms with Crippen LogP contribution in [0.2, 0.25) is 0 Å². The van der Waals surface area contributed by atoms with Gasteiger partial charge in [-0.2, -0.15) is 5.30 Å². The fraction of sp³-hybridized carbons (Fsp3) is 0.250. The van der Waals surface area contributed by atoms with Crippen LogP contribution in [0.4, 0.5) is 0 Å². The molecule has 1 atom stereocenters. The molecule has 0 fully saturated rings. The summed E-state index contributed by atoms with van der Waals surface area (Å²) in [6.07, 6.45) is 1.24. The van der Waals surface area contributed by atoms with Crippen molar-refractivity contribution in [1.82, 2.24) is 0 Å². The monoisotopic (exact) mass is 192 g/mol. The molecule has 0 saturated heterocycles. The van der Waals surface area contributed by atoms with E-state index >= 15 is 0 Å². The van der Waals surface area contributed by atoms with Gasteiger partial charge in [0.15, 0.2) is 0 Å². The maximum atomic E-state index is 3.55. The van der Waals surface area contributed by atoms with Crippen molar-refractivity contribution in [3.8, 4) is 0 Å². The Bertz CT molecular complexity index is 213. The van der Waals surface area contributed by atoms with Crippen LogP contribution in [-0.4, -0.2) is 6.16 Å². The summed E-state index contributed by atoms with van der Waals surface area (Å²) in [5.41, 5.74) is 0. The van der Waals surface area contributed by atoms with E-state index in [1.54, 1.807) is 0 Å². The number of benzene rings is 1. The molecule has 0 heterocycles. The third kappa shape index (κ3) is 4.02. The minimum atomic E-state index is 0. The van der Waals surface area contributed by atoms with Crippen LogP contribution in [0.1, 0.15) is 6.92 Å². The second-order valence-corrected chi connectivity index (χ2v) is 4.21. The molecule has 3 heteroatoms. The van der Waals surface area contributed by atoms with E-state index in [1.807, 2.05) is 6.07 Å². The molecular weight excluding hydrogens is 181 g/mol. The van der Waals surface area contributed by atoms with Gasteiger partial charge in [0.25, 0.3) is 0 Å². The van der Waals surface area contributed by atoms with Gasteiger partial charge < -0.3 is 9.24 Å². The zero-order chi connectivity index (χ0) is 7.40. The van der Waals surface area contributed by atoms with E-state index in [4.69, 9.17) is 0 Å². The average Bonchev–Trinajstić information content (AvgIpc) is 1.94. The molecule has 0 spiro atoms. The van der Waals surface area contributed by atoms with Crippen LogP contribution in [-0.2, 0) is 0 Å². The van der Waals surface area contributed by atoms with Gasteiger partial charge in [-0.1, -0.05) is 45.1 Å². The van der Waals surface area contributed by atoms with Crippen LogP contribution in [0, 0.1) is 0 Å². The number of hydrogen-bond acceptors (Lipinski definition) is 0. The fourth-order valence-electron chi connectivity index (χ4n) is 0.828. The molecule has 0 radical (unpaired) electrons. The summed E-state index contributed by atoms with van der Waals surface area (Å²) in [6.45, 7) is 2.21. The maximum absolute atomic E-state index is 3.55. The average molecular weight is 192 g/mol. The van der Waals surface area contributed by atoms with Crippen molar-refractivity contribution in [2.75, 3.05) is 6.16 Å². The summed E-state index contributed by atoms with van der Waals surface area (Å²) in [5, 5.41) is 2.67. The van der Waals surface area contributed by atoms with Crippen molar-refractivity contribution in [3.63, 3.8) is 0 Å². The van der Waals surface area contributed by atoms with Gasteiger partial charge >= 0.3 is 29.6 Å². The first-order chi connectivity index (χ1) is 4.84. The van der Waals surface area contributed by atoms with Crippen LogP contribution in [0.3, 0.4) is 0 Å². The van der Waals surface area contributed by atoms with E-state index in [2.05, 4.69) is 34.4 Å². The maximum Gasteiger partial charge on any atom is 1.00 e. The van der Waals surface area contributed by atoms with Crippen molar-refractivity contribution in [3.05, 3.63) is 24.3 Å². The zero-order valence-electron chi connectivity index (χ0n) is 7.02. The van der Waals surface area contributed by atoms with E-state index < -0.39 is 0 Å². The van der Waals surface area contributed by atoms with Crippen molar-refractivity contribution in [2.45, 2.75) is 6.92 Å². The molecule has 1 aromatic carbocycles. The molecule has 1 rings (SSSR count). The van der Waals surface area contributed by atoms with Gasteiger partial charge in [0.05, 0.1) is 0 Å². The Morgan fingerprint density at radius 1 is 1.36 bits per heavy atom. The molecule has 1 unspecified atom stereocenters. The Morgan fingerprint density at radius 2 is 2.00 bits per heavy atom. The Balaban J connectivity index is 0.000001000. The molecule has 0 aliphatic rings. The SMILES string of the molecule is CCPc1ccccc1[PH-].[Na+]. The Labute approximate surface area is 94.8 Å². The predicted octanol–water partition coefficient (Wildman–Crippen LogP) is -1.22. The van der Waals surface area contributed by atoms with Crippen LogP contribution in [0.5, 0.6) is 0 Å². The molecule has 0 aromatic heterocycles. The van der Waals surface area contributed by atoms with Gasteiger partial charge in [-0.05, 0) is 6.16 Å². The topological polar surface area (TPSA) is 0 Å². The zero-order valence-corrected chi connectivity index (χ0v) is 11.0. The van der Waals surface area contributed by atoms with Gasteiger partial charge in [0.1, 0.15) is 0 Å². The first kappa shape index (κ1) is 12.1. The molecule has 0 amide bonds. The molecule has 0 bridgehead atoms. The molecule has 0 N–H and O–H groups in total. The largest absolute Gasteiger partial charge is 1.00 e. The van der Waals surface area contributed by atoms with Crippen molar-refractivity contribution in [1.29, 1.82) is 0 Å². The molecular formula is C8H11NaP2. The Hall–Kier alpha value is 1.08. The Kier molecular flexibility index (Phi) is 7.23. The van der Waals surface area contributed by atoms with E-state index in [-0.39, 0.29) is 29.6 Å². The van der Waals surface area contributed by atoms with Crippen LogP contribution in [0.15, 0.2) is 24.3 Å². The van der Waals surface area contributed by atoms with Gasteiger partial charge in [-0.3, -0.25) is 0 Å².